The van der Waals surface area contributed by atoms with Gasteiger partial charge in [0, 0.05) is 36.1 Å². The minimum absolute atomic E-state index is 0.110. The summed E-state index contributed by atoms with van der Waals surface area (Å²) in [5, 5.41) is 7.53. The molecule has 160 valence electrons. The van der Waals surface area contributed by atoms with Gasteiger partial charge in [-0.1, -0.05) is 41.5 Å². The first-order chi connectivity index (χ1) is 13.3. The van der Waals surface area contributed by atoms with Gasteiger partial charge in [-0.2, -0.15) is 18.3 Å². The lowest BCUT2D eigenvalue weighted by molar-refractivity contribution is -0.173. The average Bonchev–Trinajstić information content (AvgIpc) is 3.23. The first kappa shape index (κ1) is 20.3. The summed E-state index contributed by atoms with van der Waals surface area (Å²) in [5.41, 5.74) is 2.08. The minimum Gasteiger partial charge on any atom is -0.361 e. The lowest BCUT2D eigenvalue weighted by atomic mass is 9.85. The summed E-state index contributed by atoms with van der Waals surface area (Å²) < 4.78 is 45.3. The quantitative estimate of drug-likeness (QED) is 0.697. The molecule has 8 heteroatoms. The van der Waals surface area contributed by atoms with Crippen LogP contribution in [0.2, 0.25) is 0 Å². The molecule has 0 spiro atoms. The van der Waals surface area contributed by atoms with Crippen LogP contribution in [0.4, 0.5) is 19.0 Å². The number of hydrogen-bond donors (Lipinski definition) is 1. The van der Waals surface area contributed by atoms with Gasteiger partial charge in [-0.3, -0.25) is 0 Å². The highest BCUT2D eigenvalue weighted by molar-refractivity contribution is 5.52. The summed E-state index contributed by atoms with van der Waals surface area (Å²) in [6.45, 7) is 13.2. The van der Waals surface area contributed by atoms with Crippen LogP contribution >= 0.6 is 0 Å². The van der Waals surface area contributed by atoms with Crippen molar-refractivity contribution in [3.8, 4) is 0 Å². The third kappa shape index (κ3) is 3.34. The second-order valence-corrected chi connectivity index (χ2v) is 10.4. The maximum absolute atomic E-state index is 14.0. The Bertz CT molecular complexity index is 924. The monoisotopic (exact) mass is 409 g/mol. The zero-order valence-electron chi connectivity index (χ0n) is 18.0. The average molecular weight is 410 g/mol. The molecule has 0 saturated heterocycles. The number of rotatable bonds is 1. The van der Waals surface area contributed by atoms with Crippen LogP contribution in [0, 0.1) is 0 Å². The standard InChI is InChI=1S/C21H30F3N5/c1-19(2,3)12-11-25-29-14(21(22,23)24)10-13(26-18(12)29)16-17(20(4,5)6)28-9-7-8-15(28)27-16/h11,13-14,26H,7-10H2,1-6H3. The van der Waals surface area contributed by atoms with E-state index in [-0.39, 0.29) is 17.3 Å². The fourth-order valence-corrected chi connectivity index (χ4v) is 4.67. The van der Waals surface area contributed by atoms with E-state index in [0.717, 1.165) is 46.8 Å². The van der Waals surface area contributed by atoms with E-state index in [9.17, 15) is 13.2 Å². The second-order valence-electron chi connectivity index (χ2n) is 10.4. The van der Waals surface area contributed by atoms with Crippen LogP contribution < -0.4 is 5.32 Å². The van der Waals surface area contributed by atoms with Crippen molar-refractivity contribution < 1.29 is 13.2 Å². The predicted octanol–water partition coefficient (Wildman–Crippen LogP) is 5.28. The number of nitrogens with zero attached hydrogens (tertiary/aromatic N) is 4. The van der Waals surface area contributed by atoms with Crippen LogP contribution in [0.3, 0.4) is 0 Å². The molecule has 2 aliphatic heterocycles. The molecular weight excluding hydrogens is 379 g/mol. The molecular formula is C21H30F3N5. The number of nitrogens with one attached hydrogen (secondary N) is 1. The maximum Gasteiger partial charge on any atom is 0.410 e. The van der Waals surface area contributed by atoms with Gasteiger partial charge < -0.3 is 9.88 Å². The Morgan fingerprint density at radius 3 is 2.34 bits per heavy atom. The molecule has 2 unspecified atom stereocenters. The van der Waals surface area contributed by atoms with E-state index >= 15 is 0 Å². The van der Waals surface area contributed by atoms with E-state index < -0.39 is 18.3 Å². The number of aryl methyl sites for hydroxylation is 1. The Morgan fingerprint density at radius 2 is 1.76 bits per heavy atom. The van der Waals surface area contributed by atoms with Gasteiger partial charge in [0.05, 0.1) is 17.9 Å². The third-order valence-electron chi connectivity index (χ3n) is 5.94. The van der Waals surface area contributed by atoms with Crippen LogP contribution in [0.1, 0.15) is 89.2 Å². The molecule has 5 nitrogen and oxygen atoms in total. The molecule has 0 bridgehead atoms. The van der Waals surface area contributed by atoms with Crippen LogP contribution in [0.25, 0.3) is 0 Å². The van der Waals surface area contributed by atoms with Crippen LogP contribution in [-0.4, -0.2) is 25.5 Å². The van der Waals surface area contributed by atoms with Gasteiger partial charge in [-0.15, -0.1) is 0 Å². The molecule has 0 fully saturated rings. The maximum atomic E-state index is 14.0. The Hall–Kier alpha value is -1.99. The molecule has 0 aromatic carbocycles. The van der Waals surface area contributed by atoms with Crippen molar-refractivity contribution >= 4 is 5.82 Å². The van der Waals surface area contributed by atoms with Crippen LogP contribution in [0.5, 0.6) is 0 Å². The van der Waals surface area contributed by atoms with E-state index in [1.807, 2.05) is 20.8 Å². The van der Waals surface area contributed by atoms with Gasteiger partial charge in [-0.25, -0.2) is 9.67 Å². The SMILES string of the molecule is CC(C)(C)c1cnn2c1NC(c1nc3n(c1C(C)(C)C)CCC3)CC2C(F)(F)F. The van der Waals surface area contributed by atoms with E-state index in [0.29, 0.717) is 5.82 Å². The van der Waals surface area contributed by atoms with Gasteiger partial charge >= 0.3 is 6.18 Å². The Morgan fingerprint density at radius 1 is 1.07 bits per heavy atom. The molecule has 4 rings (SSSR count). The highest BCUT2D eigenvalue weighted by Crippen LogP contribution is 2.47. The summed E-state index contributed by atoms with van der Waals surface area (Å²) in [7, 11) is 0. The molecule has 4 heterocycles. The molecule has 1 N–H and O–H groups in total. The highest BCUT2D eigenvalue weighted by atomic mass is 19.4. The fraction of sp³-hybridized carbons (Fsp3) is 0.714. The summed E-state index contributed by atoms with van der Waals surface area (Å²) in [6.07, 6.45) is -0.997. The van der Waals surface area contributed by atoms with E-state index in [1.165, 1.54) is 0 Å². The molecule has 0 aliphatic carbocycles. The van der Waals surface area contributed by atoms with Gasteiger partial charge in [0.2, 0.25) is 0 Å². The number of hydrogen-bond acceptors (Lipinski definition) is 3. The zero-order valence-corrected chi connectivity index (χ0v) is 18.0. The van der Waals surface area contributed by atoms with Crippen molar-refractivity contribution in [1.82, 2.24) is 19.3 Å². The van der Waals surface area contributed by atoms with Crippen molar-refractivity contribution in [2.75, 3.05) is 5.32 Å². The molecule has 2 aromatic rings. The van der Waals surface area contributed by atoms with Gasteiger partial charge in [0.1, 0.15) is 11.6 Å². The van der Waals surface area contributed by atoms with Crippen molar-refractivity contribution in [2.24, 2.45) is 0 Å². The molecule has 0 radical (unpaired) electrons. The Kier molecular flexibility index (Phi) is 4.37. The summed E-state index contributed by atoms with van der Waals surface area (Å²) in [6, 6.07) is -2.16. The predicted molar refractivity (Wildman–Crippen MR) is 106 cm³/mol. The molecule has 2 aliphatic rings. The number of alkyl halides is 3. The van der Waals surface area contributed by atoms with Crippen molar-refractivity contribution in [2.45, 2.75) is 96.4 Å². The molecule has 2 atom stereocenters. The van der Waals surface area contributed by atoms with Gasteiger partial charge in [0.25, 0.3) is 0 Å². The van der Waals surface area contributed by atoms with Crippen molar-refractivity contribution in [3.05, 3.63) is 29.0 Å². The van der Waals surface area contributed by atoms with Gasteiger partial charge in [-0.05, 0) is 11.8 Å². The van der Waals surface area contributed by atoms with Crippen molar-refractivity contribution in [3.63, 3.8) is 0 Å². The lowest BCUT2D eigenvalue weighted by Gasteiger charge is -2.36. The largest absolute Gasteiger partial charge is 0.410 e. The van der Waals surface area contributed by atoms with Crippen LogP contribution in [0.15, 0.2) is 6.20 Å². The lowest BCUT2D eigenvalue weighted by Crippen LogP contribution is -2.37. The van der Waals surface area contributed by atoms with E-state index in [1.54, 1.807) is 6.20 Å². The Balaban J connectivity index is 1.85. The number of halogens is 3. The molecule has 2 aromatic heterocycles. The number of anilines is 1. The normalized spacial score (nSPS) is 22.4. The van der Waals surface area contributed by atoms with Gasteiger partial charge in [0.15, 0.2) is 6.04 Å². The Labute approximate surface area is 169 Å². The van der Waals surface area contributed by atoms with Crippen LogP contribution in [-0.2, 0) is 23.8 Å². The minimum atomic E-state index is -4.37. The second kappa shape index (κ2) is 6.25. The number of fused-ring (bicyclic) bond motifs is 2. The number of imidazole rings is 1. The molecule has 0 saturated carbocycles. The first-order valence-electron chi connectivity index (χ1n) is 10.3. The summed E-state index contributed by atoms with van der Waals surface area (Å²) in [5.74, 6) is 1.45. The van der Waals surface area contributed by atoms with E-state index in [4.69, 9.17) is 4.98 Å². The fourth-order valence-electron chi connectivity index (χ4n) is 4.67. The molecule has 0 amide bonds. The summed E-state index contributed by atoms with van der Waals surface area (Å²) >= 11 is 0. The van der Waals surface area contributed by atoms with Crippen molar-refractivity contribution in [1.29, 1.82) is 0 Å². The zero-order chi connectivity index (χ0) is 21.4. The summed E-state index contributed by atoms with van der Waals surface area (Å²) in [4.78, 5) is 4.85. The molecule has 29 heavy (non-hydrogen) atoms. The first-order valence-corrected chi connectivity index (χ1v) is 10.3. The third-order valence-corrected chi connectivity index (χ3v) is 5.94. The highest BCUT2D eigenvalue weighted by Gasteiger charge is 2.49. The van der Waals surface area contributed by atoms with E-state index in [2.05, 4.69) is 35.8 Å². The number of aromatic nitrogens is 4. The topological polar surface area (TPSA) is 47.7 Å². The smallest absolute Gasteiger partial charge is 0.361 e.